The minimum atomic E-state index is -5.11. The first kappa shape index (κ1) is 22.8. The van der Waals surface area contributed by atoms with Crippen LogP contribution in [0, 0.1) is 0 Å². The van der Waals surface area contributed by atoms with Crippen LogP contribution < -0.4 is 0 Å². The highest BCUT2D eigenvalue weighted by Gasteiger charge is 2.49. The highest BCUT2D eigenvalue weighted by atomic mass is 32.3. The highest BCUT2D eigenvalue weighted by molar-refractivity contribution is 7.80. The Morgan fingerprint density at radius 2 is 1.56 bits per heavy atom. The summed E-state index contributed by atoms with van der Waals surface area (Å²) in [6, 6.07) is 0. The molecule has 6 N–H and O–H groups in total. The molecule has 13 nitrogen and oxygen atoms in total. The van der Waals surface area contributed by atoms with E-state index in [1.807, 2.05) is 0 Å². The molecule has 0 aromatic rings. The molecular formula is C13H23O13S-. The molecule has 0 aromatic heterocycles. The smallest absolute Gasteiger partial charge is 0.217 e. The number of hydrogen-bond donors (Lipinski definition) is 6. The van der Waals surface area contributed by atoms with Crippen LogP contribution in [0.25, 0.3) is 0 Å². The second-order valence-electron chi connectivity index (χ2n) is 6.35. The Morgan fingerprint density at radius 3 is 2.11 bits per heavy atom. The van der Waals surface area contributed by atoms with Crippen LogP contribution in [0.2, 0.25) is 0 Å². The van der Waals surface area contributed by atoms with Gasteiger partial charge >= 0.3 is 0 Å². The molecule has 0 amide bonds. The number of aliphatic hydroxyl groups excluding tert-OH is 6. The van der Waals surface area contributed by atoms with Crippen LogP contribution in [-0.4, -0.2) is 118 Å². The number of aliphatic hydroxyl groups is 6. The van der Waals surface area contributed by atoms with Gasteiger partial charge in [-0.2, -0.15) is 0 Å². The zero-order chi connectivity index (χ0) is 20.5. The fourth-order valence-corrected chi connectivity index (χ4v) is 3.21. The lowest BCUT2D eigenvalue weighted by molar-refractivity contribution is -0.340. The monoisotopic (exact) mass is 419 g/mol. The van der Waals surface area contributed by atoms with Crippen LogP contribution in [0.15, 0.2) is 0 Å². The lowest BCUT2D eigenvalue weighted by Crippen LogP contribution is -2.64. The quantitative estimate of drug-likeness (QED) is 0.176. The van der Waals surface area contributed by atoms with Gasteiger partial charge in [0.05, 0.1) is 19.3 Å². The summed E-state index contributed by atoms with van der Waals surface area (Å²) in [6.07, 6.45) is -15.1. The van der Waals surface area contributed by atoms with Crippen molar-refractivity contribution in [3.05, 3.63) is 0 Å². The second kappa shape index (κ2) is 8.89. The Kier molecular flexibility index (Phi) is 7.51. The van der Waals surface area contributed by atoms with Gasteiger partial charge in [-0.05, 0) is 6.92 Å². The minimum Gasteiger partial charge on any atom is -0.726 e. The van der Waals surface area contributed by atoms with Crippen LogP contribution in [0.4, 0.5) is 0 Å². The zero-order valence-corrected chi connectivity index (χ0v) is 15.0. The summed E-state index contributed by atoms with van der Waals surface area (Å²) < 4.78 is 51.4. The molecule has 0 bridgehead atoms. The van der Waals surface area contributed by atoms with Crippen molar-refractivity contribution in [3.8, 4) is 0 Å². The standard InChI is InChI=1S/C13H24O13S/c1-4-7(15)10(18)12(5(2-14)24-4)26-13-11(19)9(17)8(16)6(25-13)3-23-27(20,21)22/h4-19H,2-3H2,1H3,(H,20,21,22)/p-1/t4-,5?,6?,7?,8?,9-,10+,11?,12?,13-/m0/s1. The maximum absolute atomic E-state index is 10.6. The Hall–Kier alpha value is -0.490. The predicted octanol–water partition coefficient (Wildman–Crippen LogP) is -4.84. The average molecular weight is 419 g/mol. The van der Waals surface area contributed by atoms with Gasteiger partial charge in [-0.3, -0.25) is 4.18 Å². The number of ether oxygens (including phenoxy) is 3. The van der Waals surface area contributed by atoms with Crippen molar-refractivity contribution in [2.75, 3.05) is 13.2 Å². The van der Waals surface area contributed by atoms with E-state index in [0.29, 0.717) is 0 Å². The molecular weight excluding hydrogens is 396 g/mol. The Labute approximate surface area is 154 Å². The molecule has 2 heterocycles. The Balaban J connectivity index is 2.12. The van der Waals surface area contributed by atoms with E-state index in [1.54, 1.807) is 0 Å². The van der Waals surface area contributed by atoms with Crippen molar-refractivity contribution in [1.82, 2.24) is 0 Å². The molecule has 2 aliphatic rings. The average Bonchev–Trinajstić information content (AvgIpc) is 2.60. The molecule has 0 spiro atoms. The second-order valence-corrected chi connectivity index (χ2v) is 7.40. The van der Waals surface area contributed by atoms with Crippen LogP contribution in [0.1, 0.15) is 6.92 Å². The third-order valence-corrected chi connectivity index (χ3v) is 4.86. The van der Waals surface area contributed by atoms with E-state index in [2.05, 4.69) is 4.18 Å². The predicted molar refractivity (Wildman–Crippen MR) is 80.6 cm³/mol. The van der Waals surface area contributed by atoms with Gasteiger partial charge in [0.2, 0.25) is 10.4 Å². The summed E-state index contributed by atoms with van der Waals surface area (Å²) in [5, 5.41) is 59.2. The summed E-state index contributed by atoms with van der Waals surface area (Å²) in [5.74, 6) is 0. The zero-order valence-electron chi connectivity index (χ0n) is 14.1. The van der Waals surface area contributed by atoms with Crippen molar-refractivity contribution in [3.63, 3.8) is 0 Å². The van der Waals surface area contributed by atoms with E-state index in [4.69, 9.17) is 14.2 Å². The van der Waals surface area contributed by atoms with Gasteiger partial charge in [0.1, 0.15) is 48.8 Å². The van der Waals surface area contributed by atoms with E-state index in [9.17, 15) is 43.6 Å². The summed E-state index contributed by atoms with van der Waals surface area (Å²) in [7, 11) is -5.11. The SMILES string of the molecule is C[C@@H]1OC(CO)C(O[C@@H]2OC(COS(=O)(=O)[O-])C(O)[C@H](O)C2O)[C@H](O)C1O. The molecule has 0 aliphatic carbocycles. The molecule has 2 rings (SSSR count). The van der Waals surface area contributed by atoms with Gasteiger partial charge in [-0.15, -0.1) is 0 Å². The lowest BCUT2D eigenvalue weighted by Gasteiger charge is -2.45. The third-order valence-electron chi connectivity index (χ3n) is 4.44. The van der Waals surface area contributed by atoms with Crippen LogP contribution in [0.5, 0.6) is 0 Å². The fourth-order valence-electron chi connectivity index (χ4n) is 2.91. The highest BCUT2D eigenvalue weighted by Crippen LogP contribution is 2.29. The van der Waals surface area contributed by atoms with Crippen LogP contribution >= 0.6 is 0 Å². The number of hydrogen-bond acceptors (Lipinski definition) is 13. The molecule has 10 atom stereocenters. The largest absolute Gasteiger partial charge is 0.726 e. The molecule has 2 aliphatic heterocycles. The van der Waals surface area contributed by atoms with Crippen molar-refractivity contribution in [1.29, 1.82) is 0 Å². The first-order valence-electron chi connectivity index (χ1n) is 8.04. The van der Waals surface area contributed by atoms with Gasteiger partial charge in [-0.25, -0.2) is 8.42 Å². The van der Waals surface area contributed by atoms with E-state index in [1.165, 1.54) is 6.92 Å². The van der Waals surface area contributed by atoms with Crippen molar-refractivity contribution in [2.24, 2.45) is 0 Å². The van der Waals surface area contributed by atoms with Crippen molar-refractivity contribution < 1.29 is 62.0 Å². The minimum absolute atomic E-state index is 0.617. The van der Waals surface area contributed by atoms with Gasteiger partial charge in [0, 0.05) is 0 Å². The summed E-state index contributed by atoms with van der Waals surface area (Å²) in [4.78, 5) is 0. The molecule has 27 heavy (non-hydrogen) atoms. The van der Waals surface area contributed by atoms with E-state index in [0.717, 1.165) is 0 Å². The molecule has 0 aromatic carbocycles. The Bertz CT molecular complexity index is 583. The lowest BCUT2D eigenvalue weighted by atomic mass is 9.95. The molecule has 0 saturated carbocycles. The first-order valence-corrected chi connectivity index (χ1v) is 9.37. The summed E-state index contributed by atoms with van der Waals surface area (Å²) >= 11 is 0. The van der Waals surface area contributed by atoms with E-state index in [-0.39, 0.29) is 0 Å². The molecule has 160 valence electrons. The number of rotatable bonds is 6. The maximum atomic E-state index is 10.6. The Morgan fingerprint density at radius 1 is 0.926 bits per heavy atom. The third kappa shape index (κ3) is 5.31. The van der Waals surface area contributed by atoms with Gasteiger partial charge in [0.25, 0.3) is 0 Å². The topological polar surface area (TPSA) is 215 Å². The summed E-state index contributed by atoms with van der Waals surface area (Å²) in [6.45, 7) is -0.132. The molecule has 2 saturated heterocycles. The van der Waals surface area contributed by atoms with Gasteiger partial charge in [-0.1, -0.05) is 0 Å². The molecule has 2 fully saturated rings. The van der Waals surface area contributed by atoms with Crippen LogP contribution in [-0.2, 0) is 28.8 Å². The van der Waals surface area contributed by atoms with Gasteiger partial charge < -0.3 is 49.4 Å². The van der Waals surface area contributed by atoms with Crippen molar-refractivity contribution in [2.45, 2.75) is 68.1 Å². The molecule has 14 heteroatoms. The van der Waals surface area contributed by atoms with Gasteiger partial charge in [0.15, 0.2) is 6.29 Å². The fraction of sp³-hybridized carbons (Fsp3) is 1.00. The summed E-state index contributed by atoms with van der Waals surface area (Å²) in [5.41, 5.74) is 0. The normalized spacial score (nSPS) is 46.4. The van der Waals surface area contributed by atoms with Crippen molar-refractivity contribution >= 4 is 10.4 Å². The first-order chi connectivity index (χ1) is 12.5. The van der Waals surface area contributed by atoms with Crippen LogP contribution in [0.3, 0.4) is 0 Å². The maximum Gasteiger partial charge on any atom is 0.217 e. The van der Waals surface area contributed by atoms with E-state index >= 15 is 0 Å². The molecule has 6 unspecified atom stereocenters. The van der Waals surface area contributed by atoms with E-state index < -0.39 is 84.8 Å². The molecule has 0 radical (unpaired) electrons.